The molecule has 0 saturated carbocycles. The van der Waals surface area contributed by atoms with Gasteiger partial charge in [-0.2, -0.15) is 0 Å². The summed E-state index contributed by atoms with van der Waals surface area (Å²) < 4.78 is 22.5. The summed E-state index contributed by atoms with van der Waals surface area (Å²) >= 11 is 0. The van der Waals surface area contributed by atoms with Crippen LogP contribution in [0.3, 0.4) is 0 Å². The van der Waals surface area contributed by atoms with E-state index in [4.69, 9.17) is 18.6 Å². The van der Waals surface area contributed by atoms with E-state index in [1.807, 2.05) is 30.3 Å². The van der Waals surface area contributed by atoms with Crippen LogP contribution in [0, 0.1) is 0 Å². The summed E-state index contributed by atoms with van der Waals surface area (Å²) in [6, 6.07) is 14.8. The van der Waals surface area contributed by atoms with E-state index in [-0.39, 0.29) is 0 Å². The molecule has 1 aliphatic heterocycles. The Morgan fingerprint density at radius 1 is 1.03 bits per heavy atom. The summed E-state index contributed by atoms with van der Waals surface area (Å²) in [6.07, 6.45) is 0.977. The van der Waals surface area contributed by atoms with Crippen molar-refractivity contribution in [3.05, 3.63) is 53.9 Å². The molecule has 0 amide bonds. The minimum absolute atomic E-state index is 0.442. The first-order valence-electron chi connectivity index (χ1n) is 10.1. The Morgan fingerprint density at radius 3 is 2.53 bits per heavy atom. The van der Waals surface area contributed by atoms with Crippen LogP contribution in [0.5, 0.6) is 11.5 Å². The van der Waals surface area contributed by atoms with Crippen LogP contribution in [0.15, 0.2) is 58.1 Å². The van der Waals surface area contributed by atoms with E-state index in [0.717, 1.165) is 50.6 Å². The van der Waals surface area contributed by atoms with Gasteiger partial charge in [0.2, 0.25) is 0 Å². The Hall–Kier alpha value is -3.03. The van der Waals surface area contributed by atoms with E-state index in [2.05, 4.69) is 10.1 Å². The molecule has 0 atom stereocenters. The van der Waals surface area contributed by atoms with Gasteiger partial charge in [0.15, 0.2) is 0 Å². The third-order valence-electron chi connectivity index (χ3n) is 5.19. The maximum atomic E-state index is 9.41. The normalized spacial score (nSPS) is 15.4. The molecule has 2 heterocycles. The Bertz CT molecular complexity index is 1040. The van der Waals surface area contributed by atoms with E-state index in [1.54, 1.807) is 25.3 Å². The van der Waals surface area contributed by atoms with E-state index in [1.165, 1.54) is 0 Å². The van der Waals surface area contributed by atoms with Crippen molar-refractivity contribution in [2.75, 3.05) is 46.6 Å². The molecular formula is C23H26N2O5. The molecule has 1 saturated heterocycles. The number of benzene rings is 2. The van der Waals surface area contributed by atoms with Crippen molar-refractivity contribution in [2.45, 2.75) is 6.42 Å². The molecule has 2 aromatic carbocycles. The van der Waals surface area contributed by atoms with Crippen LogP contribution in [0.2, 0.25) is 0 Å². The zero-order valence-corrected chi connectivity index (χ0v) is 17.0. The number of hydrogen-bond acceptors (Lipinski definition) is 7. The van der Waals surface area contributed by atoms with Gasteiger partial charge in [0, 0.05) is 42.7 Å². The average Bonchev–Trinajstić information content (AvgIpc) is 2.81. The minimum Gasteiger partial charge on any atom is -0.497 e. The Morgan fingerprint density at radius 2 is 1.80 bits per heavy atom. The second kappa shape index (κ2) is 9.65. The first-order chi connectivity index (χ1) is 14.8. The third-order valence-corrected chi connectivity index (χ3v) is 5.19. The van der Waals surface area contributed by atoms with Crippen LogP contribution in [0.4, 0.5) is 0 Å². The maximum absolute atomic E-state index is 9.41. The van der Waals surface area contributed by atoms with E-state index in [9.17, 15) is 5.21 Å². The minimum atomic E-state index is 0.442. The van der Waals surface area contributed by atoms with Gasteiger partial charge >= 0.3 is 0 Å². The topological polar surface area (TPSA) is 76.7 Å². The van der Waals surface area contributed by atoms with Gasteiger partial charge in [0.25, 0.3) is 0 Å². The van der Waals surface area contributed by atoms with Crippen LogP contribution >= 0.6 is 0 Å². The maximum Gasteiger partial charge on any atom is 0.140 e. The zero-order valence-electron chi connectivity index (χ0n) is 17.0. The van der Waals surface area contributed by atoms with E-state index < -0.39 is 0 Å². The lowest BCUT2D eigenvalue weighted by molar-refractivity contribution is 0.0358. The van der Waals surface area contributed by atoms with Gasteiger partial charge in [-0.05, 0) is 42.8 Å². The highest BCUT2D eigenvalue weighted by Crippen LogP contribution is 2.26. The van der Waals surface area contributed by atoms with Crippen LogP contribution in [0.1, 0.15) is 6.42 Å². The van der Waals surface area contributed by atoms with E-state index >= 15 is 0 Å². The number of morpholine rings is 1. The van der Waals surface area contributed by atoms with Crippen LogP contribution in [-0.2, 0) is 4.74 Å². The van der Waals surface area contributed by atoms with Gasteiger partial charge < -0.3 is 23.8 Å². The largest absolute Gasteiger partial charge is 0.497 e. The van der Waals surface area contributed by atoms with Crippen LogP contribution in [-0.4, -0.2) is 56.7 Å². The van der Waals surface area contributed by atoms with Crippen molar-refractivity contribution >= 4 is 11.0 Å². The standard InChI is InChI=1S/C23H26N2O5/c1-27-19-7-8-20-21(24-26)16-22(30-23(20)15-19)17-3-5-18(6-4-17)29-12-2-9-25-10-13-28-14-11-25/h3-8,15-16,26H,2,9-14H2,1H3. The smallest absolute Gasteiger partial charge is 0.140 e. The highest BCUT2D eigenvalue weighted by Gasteiger charge is 2.10. The molecule has 3 aromatic rings. The van der Waals surface area contributed by atoms with E-state index in [0.29, 0.717) is 34.4 Å². The van der Waals surface area contributed by atoms with Gasteiger partial charge in [-0.25, -0.2) is 0 Å². The summed E-state index contributed by atoms with van der Waals surface area (Å²) in [5.41, 5.74) is 1.45. The number of nitrogens with zero attached hydrogens (tertiary/aromatic N) is 2. The molecule has 0 radical (unpaired) electrons. The molecule has 0 spiro atoms. The van der Waals surface area contributed by atoms with Gasteiger partial charge in [-0.15, -0.1) is 0 Å². The van der Waals surface area contributed by atoms with Crippen molar-refractivity contribution in [1.29, 1.82) is 0 Å². The zero-order chi connectivity index (χ0) is 20.8. The van der Waals surface area contributed by atoms with Crippen molar-refractivity contribution in [1.82, 2.24) is 4.90 Å². The molecule has 1 N–H and O–H groups in total. The summed E-state index contributed by atoms with van der Waals surface area (Å²) in [5.74, 6) is 2.09. The van der Waals surface area contributed by atoms with Gasteiger partial charge in [-0.3, -0.25) is 4.90 Å². The molecular weight excluding hydrogens is 384 g/mol. The average molecular weight is 410 g/mol. The molecule has 158 valence electrons. The first-order valence-corrected chi connectivity index (χ1v) is 10.1. The molecule has 7 heteroatoms. The quantitative estimate of drug-likeness (QED) is 0.365. The molecule has 1 aromatic heterocycles. The summed E-state index contributed by atoms with van der Waals surface area (Å²) in [7, 11) is 1.60. The number of methoxy groups -OCH3 is 1. The number of hydrogen-bond donors (Lipinski definition) is 1. The van der Waals surface area contributed by atoms with Gasteiger partial charge in [0.1, 0.15) is 28.2 Å². The third kappa shape index (κ3) is 4.75. The first kappa shape index (κ1) is 20.3. The van der Waals surface area contributed by atoms with Crippen LogP contribution in [0.25, 0.3) is 22.3 Å². The van der Waals surface area contributed by atoms with Crippen molar-refractivity contribution in [3.63, 3.8) is 0 Å². The van der Waals surface area contributed by atoms with Gasteiger partial charge in [0.05, 0.1) is 26.9 Å². The summed E-state index contributed by atoms with van der Waals surface area (Å²) in [6.45, 7) is 5.33. The Labute approximate surface area is 175 Å². The second-order valence-corrected chi connectivity index (χ2v) is 7.14. The summed E-state index contributed by atoms with van der Waals surface area (Å²) in [5, 5.41) is 14.0. The molecule has 4 rings (SSSR count). The lowest BCUT2D eigenvalue weighted by Crippen LogP contribution is -2.37. The lowest BCUT2D eigenvalue weighted by Gasteiger charge is -2.26. The second-order valence-electron chi connectivity index (χ2n) is 7.14. The predicted octanol–water partition coefficient (Wildman–Crippen LogP) is 3.50. The van der Waals surface area contributed by atoms with Crippen molar-refractivity contribution in [2.24, 2.45) is 5.16 Å². The summed E-state index contributed by atoms with van der Waals surface area (Å²) in [4.78, 5) is 2.40. The molecule has 0 unspecified atom stereocenters. The molecule has 0 aliphatic carbocycles. The fraction of sp³-hybridized carbons (Fsp3) is 0.348. The highest BCUT2D eigenvalue weighted by molar-refractivity contribution is 5.79. The molecule has 7 nitrogen and oxygen atoms in total. The number of ether oxygens (including phenoxy) is 3. The van der Waals surface area contributed by atoms with Crippen LogP contribution < -0.4 is 14.8 Å². The highest BCUT2D eigenvalue weighted by atomic mass is 16.5. The fourth-order valence-corrected chi connectivity index (χ4v) is 3.52. The lowest BCUT2D eigenvalue weighted by atomic mass is 10.1. The molecule has 30 heavy (non-hydrogen) atoms. The molecule has 1 aliphatic rings. The predicted molar refractivity (Wildman–Crippen MR) is 113 cm³/mol. The molecule has 0 bridgehead atoms. The van der Waals surface area contributed by atoms with Gasteiger partial charge in [-0.1, -0.05) is 5.16 Å². The van der Waals surface area contributed by atoms with Crippen molar-refractivity contribution in [3.8, 4) is 22.8 Å². The molecule has 1 fully saturated rings. The Balaban J connectivity index is 1.43. The fourth-order valence-electron chi connectivity index (χ4n) is 3.52. The number of rotatable bonds is 7. The Kier molecular flexibility index (Phi) is 6.51. The van der Waals surface area contributed by atoms with Crippen molar-refractivity contribution < 1.29 is 23.8 Å². The number of fused-ring (bicyclic) bond motifs is 1. The monoisotopic (exact) mass is 410 g/mol. The SMILES string of the molecule is COc1ccc2c(=NO)cc(-c3ccc(OCCCN4CCOCC4)cc3)oc2c1.